The molecule has 0 saturated carbocycles. The summed E-state index contributed by atoms with van der Waals surface area (Å²) >= 11 is 1.26. The van der Waals surface area contributed by atoms with Crippen LogP contribution in [0.1, 0.15) is 13.8 Å². The number of aromatic nitrogens is 2. The molecule has 1 fully saturated rings. The Morgan fingerprint density at radius 1 is 1.13 bits per heavy atom. The van der Waals surface area contributed by atoms with Gasteiger partial charge in [0.15, 0.2) is 5.16 Å². The Hall–Kier alpha value is -2.84. The molecule has 0 spiro atoms. The first-order valence-electron chi connectivity index (χ1n) is 10.2. The van der Waals surface area contributed by atoms with Gasteiger partial charge in [0.2, 0.25) is 5.91 Å². The van der Waals surface area contributed by atoms with Gasteiger partial charge in [0.05, 0.1) is 41.7 Å². The number of carbonyl (C=O) groups is 1. The van der Waals surface area contributed by atoms with Crippen molar-refractivity contribution in [1.82, 2.24) is 14.5 Å². The van der Waals surface area contributed by atoms with E-state index in [0.29, 0.717) is 40.6 Å². The van der Waals surface area contributed by atoms with Gasteiger partial charge in [-0.25, -0.2) is 4.98 Å². The number of carbonyl (C=O) groups excluding carboxylic acids is 1. The SMILES string of the molecule is COc1ccccc1-n1c(SCC(=O)N2CC(C)OC(C)C2)nc2ccccc2c1=O. The van der Waals surface area contributed by atoms with Gasteiger partial charge in [0.1, 0.15) is 5.75 Å². The summed E-state index contributed by atoms with van der Waals surface area (Å²) in [7, 11) is 1.56. The maximum Gasteiger partial charge on any atom is 0.266 e. The van der Waals surface area contributed by atoms with E-state index in [1.165, 1.54) is 16.3 Å². The van der Waals surface area contributed by atoms with Crippen molar-refractivity contribution in [3.05, 3.63) is 58.9 Å². The second kappa shape index (κ2) is 9.11. The number of hydrogen-bond donors (Lipinski definition) is 0. The van der Waals surface area contributed by atoms with Gasteiger partial charge in [-0.15, -0.1) is 0 Å². The summed E-state index contributed by atoms with van der Waals surface area (Å²) in [4.78, 5) is 32.8. The summed E-state index contributed by atoms with van der Waals surface area (Å²) in [5, 5.41) is 0.968. The highest BCUT2D eigenvalue weighted by Gasteiger charge is 2.26. The fourth-order valence-electron chi connectivity index (χ4n) is 3.84. The highest BCUT2D eigenvalue weighted by atomic mass is 32.2. The number of thioether (sulfide) groups is 1. The molecule has 1 saturated heterocycles. The zero-order valence-corrected chi connectivity index (χ0v) is 18.6. The zero-order valence-electron chi connectivity index (χ0n) is 17.8. The molecule has 2 aromatic carbocycles. The summed E-state index contributed by atoms with van der Waals surface area (Å²) in [6, 6.07) is 14.5. The van der Waals surface area contributed by atoms with Gasteiger partial charge in [-0.3, -0.25) is 14.2 Å². The molecular formula is C23H25N3O4S. The number of methoxy groups -OCH3 is 1. The number of hydrogen-bond acceptors (Lipinski definition) is 6. The van der Waals surface area contributed by atoms with E-state index in [9.17, 15) is 9.59 Å². The average molecular weight is 440 g/mol. The van der Waals surface area contributed by atoms with E-state index in [1.54, 1.807) is 25.3 Å². The maximum absolute atomic E-state index is 13.4. The molecule has 0 N–H and O–H groups in total. The lowest BCUT2D eigenvalue weighted by molar-refractivity contribution is -0.140. The first-order valence-corrected chi connectivity index (χ1v) is 11.2. The summed E-state index contributed by atoms with van der Waals surface area (Å²) in [5.74, 6) is 0.742. The van der Waals surface area contributed by atoms with Crippen LogP contribution in [0.15, 0.2) is 58.5 Å². The summed E-state index contributed by atoms with van der Waals surface area (Å²) < 4.78 is 12.7. The van der Waals surface area contributed by atoms with E-state index in [4.69, 9.17) is 14.5 Å². The molecule has 2 unspecified atom stereocenters. The Balaban J connectivity index is 1.71. The normalized spacial score (nSPS) is 18.9. The molecule has 1 amide bonds. The van der Waals surface area contributed by atoms with Gasteiger partial charge in [0, 0.05) is 13.1 Å². The fourth-order valence-corrected chi connectivity index (χ4v) is 4.74. The molecule has 1 aliphatic rings. The molecule has 4 rings (SSSR count). The van der Waals surface area contributed by atoms with Crippen molar-refractivity contribution >= 4 is 28.6 Å². The number of rotatable bonds is 5. The van der Waals surface area contributed by atoms with Crippen molar-refractivity contribution in [1.29, 1.82) is 0 Å². The van der Waals surface area contributed by atoms with Crippen molar-refractivity contribution in [2.24, 2.45) is 0 Å². The van der Waals surface area contributed by atoms with Crippen molar-refractivity contribution in [3.8, 4) is 11.4 Å². The van der Waals surface area contributed by atoms with E-state index in [-0.39, 0.29) is 29.4 Å². The Kier molecular flexibility index (Phi) is 6.29. The minimum absolute atomic E-state index is 0.000911. The Morgan fingerprint density at radius 2 is 1.81 bits per heavy atom. The second-order valence-corrected chi connectivity index (χ2v) is 8.51. The van der Waals surface area contributed by atoms with Gasteiger partial charge in [-0.1, -0.05) is 36.0 Å². The third-order valence-corrected chi connectivity index (χ3v) is 6.09. The summed E-state index contributed by atoms with van der Waals surface area (Å²) in [5.41, 5.74) is 0.998. The van der Waals surface area contributed by atoms with Gasteiger partial charge >= 0.3 is 0 Å². The number of benzene rings is 2. The first kappa shape index (κ1) is 21.4. The number of amides is 1. The van der Waals surface area contributed by atoms with Crippen LogP contribution < -0.4 is 10.3 Å². The lowest BCUT2D eigenvalue weighted by Crippen LogP contribution is -2.48. The highest BCUT2D eigenvalue weighted by molar-refractivity contribution is 7.99. The molecule has 0 aliphatic carbocycles. The number of ether oxygens (including phenoxy) is 2. The monoisotopic (exact) mass is 439 g/mol. The number of morpholine rings is 1. The number of fused-ring (bicyclic) bond motifs is 1. The molecule has 2 atom stereocenters. The molecule has 8 heteroatoms. The third-order valence-electron chi connectivity index (χ3n) is 5.17. The van der Waals surface area contributed by atoms with E-state index in [1.807, 2.05) is 49.1 Å². The van der Waals surface area contributed by atoms with Crippen LogP contribution in [0, 0.1) is 0 Å². The van der Waals surface area contributed by atoms with E-state index in [0.717, 1.165) is 0 Å². The largest absolute Gasteiger partial charge is 0.495 e. The summed E-state index contributed by atoms with van der Waals surface area (Å²) in [6.45, 7) is 5.06. The number of nitrogens with zero attached hydrogens (tertiary/aromatic N) is 3. The zero-order chi connectivity index (χ0) is 22.0. The van der Waals surface area contributed by atoms with E-state index < -0.39 is 0 Å². The molecule has 2 heterocycles. The predicted molar refractivity (Wildman–Crippen MR) is 121 cm³/mol. The van der Waals surface area contributed by atoms with Crippen LogP contribution in [0.3, 0.4) is 0 Å². The first-order chi connectivity index (χ1) is 15.0. The van der Waals surface area contributed by atoms with Crippen molar-refractivity contribution in [3.63, 3.8) is 0 Å². The van der Waals surface area contributed by atoms with Crippen LogP contribution in [0.2, 0.25) is 0 Å². The number of para-hydroxylation sites is 3. The molecule has 162 valence electrons. The highest BCUT2D eigenvalue weighted by Crippen LogP contribution is 2.27. The van der Waals surface area contributed by atoms with Gasteiger partial charge in [-0.05, 0) is 38.1 Å². The summed E-state index contributed by atoms with van der Waals surface area (Å²) in [6.07, 6.45) is 0.00603. The van der Waals surface area contributed by atoms with Crippen LogP contribution in [-0.4, -0.2) is 58.5 Å². The van der Waals surface area contributed by atoms with E-state index >= 15 is 0 Å². The maximum atomic E-state index is 13.4. The predicted octanol–water partition coefficient (Wildman–Crippen LogP) is 3.12. The standard InChI is InChI=1S/C23H25N3O4S/c1-15-12-25(13-16(2)30-15)21(27)14-31-23-24-18-9-5-4-8-17(18)22(28)26(23)19-10-6-7-11-20(19)29-3/h4-11,15-16H,12-14H2,1-3H3. The lowest BCUT2D eigenvalue weighted by atomic mass is 10.2. The van der Waals surface area contributed by atoms with Crippen LogP contribution in [-0.2, 0) is 9.53 Å². The molecule has 3 aromatic rings. The molecule has 1 aliphatic heterocycles. The Morgan fingerprint density at radius 3 is 2.55 bits per heavy atom. The van der Waals surface area contributed by atoms with Crippen molar-refractivity contribution in [2.75, 3.05) is 26.0 Å². The van der Waals surface area contributed by atoms with Crippen LogP contribution >= 0.6 is 11.8 Å². The van der Waals surface area contributed by atoms with Crippen LogP contribution in [0.4, 0.5) is 0 Å². The second-order valence-electron chi connectivity index (χ2n) is 7.57. The van der Waals surface area contributed by atoms with Crippen molar-refractivity contribution < 1.29 is 14.3 Å². The minimum Gasteiger partial charge on any atom is -0.495 e. The third kappa shape index (κ3) is 4.45. The molecule has 0 bridgehead atoms. The van der Waals surface area contributed by atoms with Gasteiger partial charge in [-0.2, -0.15) is 0 Å². The molecule has 7 nitrogen and oxygen atoms in total. The topological polar surface area (TPSA) is 73.7 Å². The Labute approximate surface area is 185 Å². The van der Waals surface area contributed by atoms with Gasteiger partial charge < -0.3 is 14.4 Å². The smallest absolute Gasteiger partial charge is 0.266 e. The molecule has 1 aromatic heterocycles. The fraction of sp³-hybridized carbons (Fsp3) is 0.348. The quantitative estimate of drug-likeness (QED) is 0.449. The van der Waals surface area contributed by atoms with Crippen LogP contribution in [0.5, 0.6) is 5.75 Å². The molecular weight excluding hydrogens is 414 g/mol. The Bertz CT molecular complexity index is 1150. The van der Waals surface area contributed by atoms with Gasteiger partial charge in [0.25, 0.3) is 5.56 Å². The lowest BCUT2D eigenvalue weighted by Gasteiger charge is -2.35. The molecule has 31 heavy (non-hydrogen) atoms. The van der Waals surface area contributed by atoms with E-state index in [2.05, 4.69) is 0 Å². The minimum atomic E-state index is -0.196. The average Bonchev–Trinajstić information content (AvgIpc) is 2.77. The van der Waals surface area contributed by atoms with Crippen molar-refractivity contribution in [2.45, 2.75) is 31.2 Å². The van der Waals surface area contributed by atoms with Crippen LogP contribution in [0.25, 0.3) is 16.6 Å². The molecule has 0 radical (unpaired) electrons.